The fraction of sp³-hybridized carbons (Fsp3) is 0.654. The number of hydrogen-bond acceptors (Lipinski definition) is 6. The molecular formula is C26H35FN4O3. The van der Waals surface area contributed by atoms with E-state index in [-0.39, 0.29) is 24.1 Å². The Labute approximate surface area is 200 Å². The van der Waals surface area contributed by atoms with Crippen LogP contribution in [0.2, 0.25) is 0 Å². The number of benzene rings is 1. The van der Waals surface area contributed by atoms with Crippen molar-refractivity contribution in [1.82, 2.24) is 15.5 Å². The second kappa shape index (κ2) is 9.92. The molecule has 1 aromatic carbocycles. The molecule has 1 aliphatic heterocycles. The minimum Gasteiger partial charge on any atom is -0.493 e. The molecule has 34 heavy (non-hydrogen) atoms. The van der Waals surface area contributed by atoms with Crippen LogP contribution in [0.3, 0.4) is 0 Å². The van der Waals surface area contributed by atoms with Gasteiger partial charge in [-0.1, -0.05) is 25.1 Å². The lowest BCUT2D eigenvalue weighted by atomic mass is 9.90. The lowest BCUT2D eigenvalue weighted by Gasteiger charge is -2.30. The predicted octanol–water partition coefficient (Wildman–Crippen LogP) is 4.47. The number of aromatic nitrogens is 2. The van der Waals surface area contributed by atoms with Crippen molar-refractivity contribution in [3.63, 3.8) is 0 Å². The van der Waals surface area contributed by atoms with Crippen LogP contribution < -0.4 is 15.0 Å². The van der Waals surface area contributed by atoms with E-state index in [2.05, 4.69) is 34.2 Å². The van der Waals surface area contributed by atoms with Gasteiger partial charge >= 0.3 is 6.01 Å². The Bertz CT molecular complexity index is 998. The highest BCUT2D eigenvalue weighted by atomic mass is 19.1. The maximum atomic E-state index is 14.4. The van der Waals surface area contributed by atoms with E-state index in [1.54, 1.807) is 12.1 Å². The lowest BCUT2D eigenvalue weighted by Crippen LogP contribution is -2.34. The molecule has 2 heterocycles. The van der Waals surface area contributed by atoms with Crippen LogP contribution in [0.5, 0.6) is 5.75 Å². The van der Waals surface area contributed by atoms with Crippen LogP contribution in [0, 0.1) is 23.6 Å². The molecule has 184 valence electrons. The van der Waals surface area contributed by atoms with Gasteiger partial charge in [0.2, 0.25) is 5.91 Å². The van der Waals surface area contributed by atoms with Crippen molar-refractivity contribution in [2.24, 2.45) is 17.8 Å². The van der Waals surface area contributed by atoms with Gasteiger partial charge in [-0.05, 0) is 67.9 Å². The summed E-state index contributed by atoms with van der Waals surface area (Å²) in [7, 11) is 0. The molecule has 8 heteroatoms. The molecule has 3 fully saturated rings. The Balaban J connectivity index is 1.01. The summed E-state index contributed by atoms with van der Waals surface area (Å²) < 4.78 is 25.7. The van der Waals surface area contributed by atoms with Gasteiger partial charge in [0.05, 0.1) is 13.0 Å². The van der Waals surface area contributed by atoms with Crippen LogP contribution in [0.4, 0.5) is 10.4 Å². The van der Waals surface area contributed by atoms with E-state index in [0.717, 1.165) is 62.9 Å². The third-order valence-electron chi connectivity index (χ3n) is 7.42. The average molecular weight is 471 g/mol. The zero-order valence-corrected chi connectivity index (χ0v) is 20.1. The fourth-order valence-corrected chi connectivity index (χ4v) is 5.06. The molecule has 1 N–H and O–H groups in total. The highest BCUT2D eigenvalue weighted by molar-refractivity contribution is 5.79. The largest absolute Gasteiger partial charge is 0.493 e. The van der Waals surface area contributed by atoms with Crippen LogP contribution in [0.25, 0.3) is 0 Å². The second-order valence-corrected chi connectivity index (χ2v) is 10.5. The number of ether oxygens (including phenoxy) is 1. The molecule has 1 saturated heterocycles. The van der Waals surface area contributed by atoms with Gasteiger partial charge < -0.3 is 19.5 Å². The maximum Gasteiger partial charge on any atom is 0.324 e. The van der Waals surface area contributed by atoms with E-state index in [0.29, 0.717) is 35.9 Å². The molecule has 0 bridgehead atoms. The summed E-state index contributed by atoms with van der Waals surface area (Å²) in [6.07, 6.45) is 6.71. The third-order valence-corrected chi connectivity index (χ3v) is 7.42. The van der Waals surface area contributed by atoms with Crippen LogP contribution in [0.15, 0.2) is 22.7 Å². The first-order valence-electron chi connectivity index (χ1n) is 12.8. The van der Waals surface area contributed by atoms with E-state index in [4.69, 9.17) is 9.26 Å². The predicted molar refractivity (Wildman–Crippen MR) is 126 cm³/mol. The van der Waals surface area contributed by atoms with Crippen molar-refractivity contribution in [2.45, 2.75) is 70.8 Å². The van der Waals surface area contributed by atoms with Crippen molar-refractivity contribution in [2.75, 3.05) is 24.6 Å². The molecule has 2 saturated carbocycles. The summed E-state index contributed by atoms with van der Waals surface area (Å²) in [5.41, 5.74) is 0.417. The second-order valence-electron chi connectivity index (χ2n) is 10.5. The fourth-order valence-electron chi connectivity index (χ4n) is 5.06. The molecule has 2 unspecified atom stereocenters. The molecule has 2 atom stereocenters. The number of halogens is 1. The van der Waals surface area contributed by atoms with Gasteiger partial charge in [0, 0.05) is 31.1 Å². The lowest BCUT2D eigenvalue weighted by molar-refractivity contribution is -0.120. The quantitative estimate of drug-likeness (QED) is 0.552. The number of carbonyl (C=O) groups excluding carboxylic acids is 1. The number of anilines is 1. The van der Waals surface area contributed by atoms with Crippen molar-refractivity contribution in [3.05, 3.63) is 35.4 Å². The number of amides is 1. The SMILES string of the molecule is CC(C)c1noc(N2CCC(C3CC3CCOc3ccc(CC(=O)NC4CC4)c(F)c3)CC2)n1. The molecule has 7 nitrogen and oxygen atoms in total. The first-order chi connectivity index (χ1) is 16.5. The highest BCUT2D eigenvalue weighted by Gasteiger charge is 2.43. The molecule has 2 aliphatic carbocycles. The van der Waals surface area contributed by atoms with Gasteiger partial charge in [-0.15, -0.1) is 0 Å². The molecule has 5 rings (SSSR count). The molecule has 1 amide bonds. The molecule has 2 aromatic rings. The number of rotatable bonds is 10. The summed E-state index contributed by atoms with van der Waals surface area (Å²) >= 11 is 0. The van der Waals surface area contributed by atoms with E-state index in [1.807, 2.05) is 0 Å². The molecule has 0 radical (unpaired) electrons. The van der Waals surface area contributed by atoms with Crippen molar-refractivity contribution >= 4 is 11.9 Å². The Kier molecular flexibility index (Phi) is 6.75. The van der Waals surface area contributed by atoms with Crippen LogP contribution in [0.1, 0.15) is 69.7 Å². The molecule has 1 aromatic heterocycles. The Morgan fingerprint density at radius 2 is 2.06 bits per heavy atom. The van der Waals surface area contributed by atoms with Gasteiger partial charge in [0.25, 0.3) is 0 Å². The Morgan fingerprint density at radius 3 is 2.74 bits per heavy atom. The number of nitrogens with zero attached hydrogens (tertiary/aromatic N) is 3. The van der Waals surface area contributed by atoms with E-state index in [9.17, 15) is 9.18 Å². The zero-order chi connectivity index (χ0) is 23.7. The molecule has 3 aliphatic rings. The normalized spacial score (nSPS) is 22.8. The average Bonchev–Trinajstić information content (AvgIpc) is 3.73. The first kappa shape index (κ1) is 23.1. The zero-order valence-electron chi connectivity index (χ0n) is 20.1. The Morgan fingerprint density at radius 1 is 1.26 bits per heavy atom. The minimum atomic E-state index is -0.374. The van der Waals surface area contributed by atoms with Gasteiger partial charge in [0.15, 0.2) is 5.82 Å². The van der Waals surface area contributed by atoms with Gasteiger partial charge in [-0.3, -0.25) is 4.79 Å². The van der Waals surface area contributed by atoms with E-state index >= 15 is 0 Å². The summed E-state index contributed by atoms with van der Waals surface area (Å²) in [5, 5.41) is 6.97. The van der Waals surface area contributed by atoms with Crippen molar-refractivity contribution in [1.29, 1.82) is 0 Å². The van der Waals surface area contributed by atoms with Crippen molar-refractivity contribution < 1.29 is 18.4 Å². The number of hydrogen-bond donors (Lipinski definition) is 1. The smallest absolute Gasteiger partial charge is 0.324 e. The third kappa shape index (κ3) is 5.70. The summed E-state index contributed by atoms with van der Waals surface area (Å²) in [5.74, 6) is 3.30. The van der Waals surface area contributed by atoms with Gasteiger partial charge in [0.1, 0.15) is 11.6 Å². The summed E-state index contributed by atoms with van der Waals surface area (Å²) in [6, 6.07) is 5.79. The van der Waals surface area contributed by atoms with Crippen LogP contribution in [-0.2, 0) is 11.2 Å². The highest BCUT2D eigenvalue weighted by Crippen LogP contribution is 2.50. The first-order valence-corrected chi connectivity index (χ1v) is 12.8. The number of piperidine rings is 1. The van der Waals surface area contributed by atoms with Gasteiger partial charge in [-0.25, -0.2) is 4.39 Å². The summed E-state index contributed by atoms with van der Waals surface area (Å²) in [6.45, 7) is 6.67. The molecule has 0 spiro atoms. The topological polar surface area (TPSA) is 80.5 Å². The monoisotopic (exact) mass is 470 g/mol. The maximum absolute atomic E-state index is 14.4. The number of nitrogens with one attached hydrogen (secondary N) is 1. The summed E-state index contributed by atoms with van der Waals surface area (Å²) in [4.78, 5) is 18.6. The van der Waals surface area contributed by atoms with E-state index in [1.165, 1.54) is 12.5 Å². The molecular weight excluding hydrogens is 435 g/mol. The van der Waals surface area contributed by atoms with Crippen LogP contribution >= 0.6 is 0 Å². The minimum absolute atomic E-state index is 0.0799. The number of carbonyl (C=O) groups is 1. The van der Waals surface area contributed by atoms with Crippen molar-refractivity contribution in [3.8, 4) is 5.75 Å². The standard InChI is InChI=1S/C26H35FN4O3/c1-16(2)25-29-26(34-30-25)31-10-7-17(8-11-31)22-13-18(22)9-12-33-21-6-3-19(23(27)15-21)14-24(32)28-20-4-5-20/h3,6,15-18,20,22H,4-5,7-14H2,1-2H3,(H,28,32). The van der Waals surface area contributed by atoms with E-state index < -0.39 is 0 Å². The Hall–Kier alpha value is -2.64. The van der Waals surface area contributed by atoms with Crippen LogP contribution in [-0.4, -0.2) is 41.8 Å². The van der Waals surface area contributed by atoms with Gasteiger partial charge in [-0.2, -0.15) is 4.98 Å².